The minimum atomic E-state index is 0.226. The van der Waals surface area contributed by atoms with Crippen molar-refractivity contribution in [1.29, 1.82) is 0 Å². The maximum absolute atomic E-state index is 9.38. The van der Waals surface area contributed by atoms with E-state index in [-0.39, 0.29) is 11.5 Å². The van der Waals surface area contributed by atoms with Gasteiger partial charge in [-0.3, -0.25) is 0 Å². The van der Waals surface area contributed by atoms with Gasteiger partial charge in [0.2, 0.25) is 0 Å². The quantitative estimate of drug-likeness (QED) is 0.162. The fourth-order valence-corrected chi connectivity index (χ4v) is 6.73. The Morgan fingerprint density at radius 1 is 0.382 bits per heavy atom. The lowest BCUT2D eigenvalue weighted by Gasteiger charge is -2.10. The molecule has 2 aromatic heterocycles. The Morgan fingerprint density at radius 2 is 0.727 bits per heavy atom. The Labute approximate surface area is 326 Å². The molecule has 268 valence electrons. The summed E-state index contributed by atoms with van der Waals surface area (Å²) in [6.45, 7) is 0. The van der Waals surface area contributed by atoms with Crippen molar-refractivity contribution in [3.63, 3.8) is 0 Å². The third-order valence-electron chi connectivity index (χ3n) is 9.05. The lowest BCUT2D eigenvalue weighted by molar-refractivity contribution is 0.464. The van der Waals surface area contributed by atoms with Gasteiger partial charge in [-0.05, 0) is 121 Å². The number of aromatic hydroxyl groups is 2. The number of nitrogens with zero attached hydrogens (tertiary/aromatic N) is 1. The Hall–Kier alpha value is -6.96. The third-order valence-corrected chi connectivity index (χ3v) is 9.58. The zero-order valence-corrected chi connectivity index (χ0v) is 31.1. The number of aromatic amines is 1. The monoisotopic (exact) mass is 782 g/mol. The van der Waals surface area contributed by atoms with E-state index in [4.69, 9.17) is 14.6 Å². The Morgan fingerprint density at radius 3 is 1.16 bits per heavy atom. The van der Waals surface area contributed by atoms with Gasteiger partial charge >= 0.3 is 0 Å². The van der Waals surface area contributed by atoms with Gasteiger partial charge in [0.25, 0.3) is 0 Å². The summed E-state index contributed by atoms with van der Waals surface area (Å²) in [4.78, 5) is 3.38. The highest BCUT2D eigenvalue weighted by Crippen LogP contribution is 2.33. The van der Waals surface area contributed by atoms with Crippen LogP contribution >= 0.6 is 15.9 Å². The van der Waals surface area contributed by atoms with Crippen LogP contribution in [0.15, 0.2) is 199 Å². The summed E-state index contributed by atoms with van der Waals surface area (Å²) in [5.74, 6) is 3.38. The van der Waals surface area contributed by atoms with Crippen LogP contribution in [-0.4, -0.2) is 19.8 Å². The smallest absolute Gasteiger partial charge is 0.127 e. The zero-order chi connectivity index (χ0) is 37.6. The summed E-state index contributed by atoms with van der Waals surface area (Å²) in [7, 11) is 0. The highest BCUT2D eigenvalue weighted by Gasteiger charge is 2.11. The number of benzene rings is 8. The van der Waals surface area contributed by atoms with Crippen molar-refractivity contribution in [2.45, 2.75) is 0 Å². The molecule has 0 spiro atoms. The molecule has 0 aliphatic rings. The Bertz CT molecular complexity index is 2680. The molecule has 0 radical (unpaired) electrons. The number of aromatic nitrogens is 2. The molecule has 10 rings (SSSR count). The topological polar surface area (TPSA) is 79.6 Å². The van der Waals surface area contributed by atoms with Crippen LogP contribution in [0.25, 0.3) is 49.3 Å². The molecule has 0 saturated heterocycles. The molecule has 0 bridgehead atoms. The summed E-state index contributed by atoms with van der Waals surface area (Å²) in [5, 5.41) is 23.6. The van der Waals surface area contributed by atoms with E-state index in [1.807, 2.05) is 36.4 Å². The van der Waals surface area contributed by atoms with Crippen molar-refractivity contribution >= 4 is 59.5 Å². The molecular formula is C48H35BrN2O4. The molecule has 7 heteroatoms. The summed E-state index contributed by atoms with van der Waals surface area (Å²) in [6.07, 6.45) is 0. The van der Waals surface area contributed by atoms with Gasteiger partial charge in [-0.2, -0.15) is 0 Å². The minimum Gasteiger partial charge on any atom is -0.508 e. The molecule has 0 atom stereocenters. The maximum atomic E-state index is 9.38. The van der Waals surface area contributed by atoms with Crippen molar-refractivity contribution in [3.05, 3.63) is 199 Å². The summed E-state index contributed by atoms with van der Waals surface area (Å²) in [6, 6.07) is 62.6. The number of para-hydroxylation sites is 4. The number of hydrogen-bond donors (Lipinski definition) is 3. The molecule has 0 unspecified atom stereocenters. The number of H-pyrrole nitrogens is 1. The van der Waals surface area contributed by atoms with Gasteiger partial charge in [0, 0.05) is 42.7 Å². The number of rotatable bonds is 5. The number of phenolic OH excluding ortho intramolecular Hbond substituents is 2. The Balaban J connectivity index is 0.000000128. The van der Waals surface area contributed by atoms with E-state index in [0.717, 1.165) is 21.7 Å². The number of halogens is 1. The molecule has 8 aromatic carbocycles. The molecule has 6 nitrogen and oxygen atoms in total. The van der Waals surface area contributed by atoms with E-state index < -0.39 is 0 Å². The van der Waals surface area contributed by atoms with Gasteiger partial charge in [-0.25, -0.2) is 0 Å². The molecule has 3 N–H and O–H groups in total. The van der Waals surface area contributed by atoms with Crippen molar-refractivity contribution in [3.8, 4) is 40.2 Å². The highest BCUT2D eigenvalue weighted by molar-refractivity contribution is 9.10. The molecule has 0 fully saturated rings. The molecule has 55 heavy (non-hydrogen) atoms. The second kappa shape index (κ2) is 16.0. The van der Waals surface area contributed by atoms with Gasteiger partial charge in [-0.1, -0.05) is 88.7 Å². The first kappa shape index (κ1) is 35.1. The predicted octanol–water partition coefficient (Wildman–Crippen LogP) is 13.5. The van der Waals surface area contributed by atoms with Crippen LogP contribution in [-0.2, 0) is 0 Å². The lowest BCUT2D eigenvalue weighted by atomic mass is 10.2. The number of phenols is 2. The van der Waals surface area contributed by atoms with E-state index in [2.05, 4.69) is 135 Å². The predicted molar refractivity (Wildman–Crippen MR) is 227 cm³/mol. The van der Waals surface area contributed by atoms with Crippen LogP contribution in [0.4, 0.5) is 0 Å². The average molecular weight is 784 g/mol. The Kier molecular flexibility index (Phi) is 10.2. The van der Waals surface area contributed by atoms with Crippen molar-refractivity contribution in [2.75, 3.05) is 0 Å². The fourth-order valence-electron chi connectivity index (χ4n) is 6.47. The first-order valence-corrected chi connectivity index (χ1v) is 18.5. The van der Waals surface area contributed by atoms with E-state index >= 15 is 0 Å². The van der Waals surface area contributed by atoms with Crippen LogP contribution in [0.3, 0.4) is 0 Å². The van der Waals surface area contributed by atoms with Gasteiger partial charge in [0.1, 0.15) is 34.5 Å². The number of hydrogen-bond acceptors (Lipinski definition) is 4. The van der Waals surface area contributed by atoms with E-state index in [9.17, 15) is 5.11 Å². The lowest BCUT2D eigenvalue weighted by Crippen LogP contribution is -1.93. The summed E-state index contributed by atoms with van der Waals surface area (Å²) < 4.78 is 14.7. The van der Waals surface area contributed by atoms with Crippen LogP contribution in [0.5, 0.6) is 34.5 Å². The normalized spacial score (nSPS) is 10.8. The van der Waals surface area contributed by atoms with Gasteiger partial charge < -0.3 is 29.2 Å². The third kappa shape index (κ3) is 8.03. The standard InChI is InChI=1S/C24H17NO2.C12H9BrO2.C12H9N/c26-18-11-15-20(16-12-18)27-19-13-9-17(10-14-19)25-23-7-3-1-5-21(23)22-6-2-4-8-24(22)25;13-9-1-5-11(6-2-9)15-12-7-3-10(14)4-8-12;1-3-7-11-9(5-1)10-6-2-4-8-12(10)13-11/h1-16,26H;1-8,14H;1-8,13H. The molecular weight excluding hydrogens is 748 g/mol. The zero-order valence-electron chi connectivity index (χ0n) is 29.5. The highest BCUT2D eigenvalue weighted by atomic mass is 79.9. The number of fused-ring (bicyclic) bond motifs is 6. The van der Waals surface area contributed by atoms with E-state index in [1.165, 1.54) is 43.6 Å². The van der Waals surface area contributed by atoms with Crippen molar-refractivity contribution < 1.29 is 19.7 Å². The first-order valence-electron chi connectivity index (χ1n) is 17.7. The van der Waals surface area contributed by atoms with Crippen LogP contribution in [0.2, 0.25) is 0 Å². The van der Waals surface area contributed by atoms with Crippen molar-refractivity contribution in [1.82, 2.24) is 9.55 Å². The molecule has 0 amide bonds. The number of nitrogens with one attached hydrogen (secondary N) is 1. The maximum Gasteiger partial charge on any atom is 0.127 e. The van der Waals surface area contributed by atoms with Gasteiger partial charge in [-0.15, -0.1) is 0 Å². The van der Waals surface area contributed by atoms with Crippen LogP contribution in [0, 0.1) is 0 Å². The average Bonchev–Trinajstić information content (AvgIpc) is 3.77. The van der Waals surface area contributed by atoms with Crippen LogP contribution in [0.1, 0.15) is 0 Å². The first-order chi connectivity index (χ1) is 27.0. The summed E-state index contributed by atoms with van der Waals surface area (Å²) in [5.41, 5.74) is 5.88. The molecule has 10 aromatic rings. The van der Waals surface area contributed by atoms with Crippen LogP contribution < -0.4 is 9.47 Å². The van der Waals surface area contributed by atoms with E-state index in [0.29, 0.717) is 11.5 Å². The largest absolute Gasteiger partial charge is 0.508 e. The molecule has 0 aliphatic heterocycles. The minimum absolute atomic E-state index is 0.226. The second-order valence-corrected chi connectivity index (χ2v) is 13.6. The van der Waals surface area contributed by atoms with Crippen molar-refractivity contribution in [2.24, 2.45) is 0 Å². The molecule has 0 saturated carbocycles. The fraction of sp³-hybridized carbons (Fsp3) is 0. The number of ether oxygens (including phenoxy) is 2. The SMILES string of the molecule is Oc1ccc(Oc2ccc(-n3c4ccccc4c4ccccc43)cc2)cc1.Oc1ccc(Oc2ccc(Br)cc2)cc1.c1ccc2c(c1)[nH]c1ccccc12. The molecule has 0 aliphatic carbocycles. The van der Waals surface area contributed by atoms with Gasteiger partial charge in [0.05, 0.1) is 11.0 Å². The second-order valence-electron chi connectivity index (χ2n) is 12.7. The molecule has 2 heterocycles. The summed E-state index contributed by atoms with van der Waals surface area (Å²) >= 11 is 3.35. The van der Waals surface area contributed by atoms with E-state index in [1.54, 1.807) is 48.5 Å². The van der Waals surface area contributed by atoms with Gasteiger partial charge in [0.15, 0.2) is 0 Å².